The lowest BCUT2D eigenvalue weighted by Crippen LogP contribution is -2.50. The summed E-state index contributed by atoms with van der Waals surface area (Å²) in [5, 5.41) is 20.6. The standard InChI is InChI=1S/C25H37N3O9S/c1-13-5-4-10-25(2)20(37-25)19-14(7-6-13)15(23(33)36-19)11-38-12-17(21(30)28(3)24(34)35)27-18(29)9-8-16(26)22(31)32/h5,14-17,19-20H,4,6-12,26H2,1-3H3,(H,27,29)(H,31,32)(H,34,35)/b13-5-. The number of hydrogen-bond acceptors (Lipinski definition) is 9. The molecule has 212 valence electrons. The predicted octanol–water partition coefficient (Wildman–Crippen LogP) is 1.37. The van der Waals surface area contributed by atoms with Crippen LogP contribution in [0.3, 0.4) is 0 Å². The number of carboxylic acids is 1. The Morgan fingerprint density at radius 3 is 2.68 bits per heavy atom. The van der Waals surface area contributed by atoms with Crippen LogP contribution in [0.4, 0.5) is 4.79 Å². The van der Waals surface area contributed by atoms with Gasteiger partial charge >= 0.3 is 18.0 Å². The number of nitrogens with one attached hydrogen (secondary N) is 1. The van der Waals surface area contributed by atoms with Crippen molar-refractivity contribution >= 4 is 41.6 Å². The van der Waals surface area contributed by atoms with Crippen molar-refractivity contribution in [1.29, 1.82) is 0 Å². The second kappa shape index (κ2) is 12.5. The minimum absolute atomic E-state index is 0.0188. The van der Waals surface area contributed by atoms with Crippen LogP contribution < -0.4 is 11.1 Å². The number of carbonyl (C=O) groups excluding carboxylic acids is 3. The fraction of sp³-hybridized carbons (Fsp3) is 0.720. The molecule has 0 aromatic heterocycles. The van der Waals surface area contributed by atoms with E-state index in [1.165, 1.54) is 17.3 Å². The second-order valence-corrected chi connectivity index (χ2v) is 11.5. The molecule has 0 radical (unpaired) electrons. The van der Waals surface area contributed by atoms with Gasteiger partial charge in [0.1, 0.15) is 24.3 Å². The summed E-state index contributed by atoms with van der Waals surface area (Å²) in [5.41, 5.74) is 6.38. The summed E-state index contributed by atoms with van der Waals surface area (Å²) in [6.07, 6.45) is 3.23. The molecule has 0 aromatic carbocycles. The van der Waals surface area contributed by atoms with Crippen molar-refractivity contribution in [2.75, 3.05) is 18.6 Å². The number of aliphatic carboxylic acids is 1. The maximum atomic E-state index is 12.9. The highest BCUT2D eigenvalue weighted by atomic mass is 32.2. The maximum absolute atomic E-state index is 12.9. The molecule has 0 bridgehead atoms. The highest BCUT2D eigenvalue weighted by molar-refractivity contribution is 7.99. The molecule has 13 heteroatoms. The first-order chi connectivity index (χ1) is 17.8. The number of thioether (sulfide) groups is 1. The number of ether oxygens (including phenoxy) is 2. The van der Waals surface area contributed by atoms with E-state index in [9.17, 15) is 29.1 Å². The Bertz CT molecular complexity index is 989. The van der Waals surface area contributed by atoms with Crippen LogP contribution in [0.1, 0.15) is 52.4 Å². The van der Waals surface area contributed by atoms with Crippen molar-refractivity contribution in [2.45, 2.75) is 82.3 Å². The number of allylic oxidation sites excluding steroid dienone is 2. The Morgan fingerprint density at radius 2 is 2.03 bits per heavy atom. The molecular weight excluding hydrogens is 518 g/mol. The van der Waals surface area contributed by atoms with Gasteiger partial charge in [-0.1, -0.05) is 11.6 Å². The summed E-state index contributed by atoms with van der Waals surface area (Å²) in [7, 11) is 1.08. The van der Waals surface area contributed by atoms with Gasteiger partial charge in [-0.15, -0.1) is 0 Å². The van der Waals surface area contributed by atoms with Gasteiger partial charge in [0.25, 0.3) is 5.91 Å². The summed E-state index contributed by atoms with van der Waals surface area (Å²) < 4.78 is 11.8. The molecule has 0 saturated carbocycles. The average Bonchev–Trinajstić information content (AvgIpc) is 3.42. The van der Waals surface area contributed by atoms with Gasteiger partial charge in [-0.25, -0.2) is 9.69 Å². The molecule has 1 aliphatic carbocycles. The van der Waals surface area contributed by atoms with Gasteiger partial charge in [-0.2, -0.15) is 11.8 Å². The molecule has 0 spiro atoms. The SMILES string of the molecule is C/C1=C/CCC2(C)OC2C2OC(=O)C(CSCC(NC(=O)CCC(N)C(=O)O)C(=O)N(C)C(=O)O)C2CC1. The molecule has 0 aromatic rings. The lowest BCUT2D eigenvalue weighted by Gasteiger charge is -2.24. The first kappa shape index (κ1) is 29.9. The summed E-state index contributed by atoms with van der Waals surface area (Å²) in [5.74, 6) is -3.18. The number of epoxide rings is 1. The Kier molecular flexibility index (Phi) is 9.82. The molecular formula is C25H37N3O9S. The zero-order valence-corrected chi connectivity index (χ0v) is 22.7. The molecule has 38 heavy (non-hydrogen) atoms. The second-order valence-electron chi connectivity index (χ2n) is 10.5. The Hall–Kier alpha value is -2.64. The van der Waals surface area contributed by atoms with Gasteiger partial charge in [0.15, 0.2) is 0 Å². The summed E-state index contributed by atoms with van der Waals surface area (Å²) in [4.78, 5) is 60.7. The number of carbonyl (C=O) groups is 5. The number of nitrogens with two attached hydrogens (primary N) is 1. The maximum Gasteiger partial charge on any atom is 0.413 e. The van der Waals surface area contributed by atoms with E-state index in [0.29, 0.717) is 10.7 Å². The molecule has 12 nitrogen and oxygen atoms in total. The van der Waals surface area contributed by atoms with Gasteiger partial charge < -0.3 is 30.7 Å². The van der Waals surface area contributed by atoms with Crippen LogP contribution in [-0.2, 0) is 28.7 Å². The number of rotatable bonds is 10. The van der Waals surface area contributed by atoms with Crippen molar-refractivity contribution < 1.29 is 43.7 Å². The van der Waals surface area contributed by atoms with E-state index in [0.717, 1.165) is 32.7 Å². The molecule has 3 aliphatic rings. The number of likely N-dealkylation sites (N-methyl/N-ethyl adjacent to an activating group) is 1. The van der Waals surface area contributed by atoms with Crippen molar-refractivity contribution in [3.63, 3.8) is 0 Å². The number of nitrogens with zero attached hydrogens (tertiary/aromatic N) is 1. The van der Waals surface area contributed by atoms with Gasteiger partial charge in [-0.3, -0.25) is 19.2 Å². The first-order valence-corrected chi connectivity index (χ1v) is 13.9. The van der Waals surface area contributed by atoms with Crippen molar-refractivity contribution in [2.24, 2.45) is 17.6 Å². The van der Waals surface area contributed by atoms with E-state index in [4.69, 9.17) is 20.3 Å². The Morgan fingerprint density at radius 1 is 1.32 bits per heavy atom. The average molecular weight is 556 g/mol. The molecule has 5 N–H and O–H groups in total. The summed E-state index contributed by atoms with van der Waals surface area (Å²) >= 11 is 1.25. The van der Waals surface area contributed by atoms with Gasteiger partial charge in [0.05, 0.1) is 11.5 Å². The molecule has 2 saturated heterocycles. The highest BCUT2D eigenvalue weighted by Gasteiger charge is 2.62. The molecule has 7 atom stereocenters. The van der Waals surface area contributed by atoms with Crippen molar-refractivity contribution in [3.8, 4) is 0 Å². The molecule has 2 heterocycles. The largest absolute Gasteiger partial charge is 0.480 e. The van der Waals surface area contributed by atoms with Crippen molar-refractivity contribution in [1.82, 2.24) is 10.2 Å². The smallest absolute Gasteiger partial charge is 0.413 e. The van der Waals surface area contributed by atoms with Crippen LogP contribution >= 0.6 is 11.8 Å². The van der Waals surface area contributed by atoms with Gasteiger partial charge in [0, 0.05) is 30.9 Å². The normalized spacial score (nSPS) is 31.4. The van der Waals surface area contributed by atoms with Crippen LogP contribution in [-0.4, -0.2) is 93.4 Å². The summed E-state index contributed by atoms with van der Waals surface area (Å²) in [6.45, 7) is 4.11. The minimum atomic E-state index is -1.48. The topological polar surface area (TPSA) is 189 Å². The van der Waals surface area contributed by atoms with Crippen LogP contribution in [0.5, 0.6) is 0 Å². The van der Waals surface area contributed by atoms with E-state index in [-0.39, 0.29) is 48.3 Å². The van der Waals surface area contributed by atoms with Crippen LogP contribution in [0.15, 0.2) is 11.6 Å². The third kappa shape index (κ3) is 7.26. The number of fused-ring (bicyclic) bond motifs is 3. The molecule has 2 fully saturated rings. The van der Waals surface area contributed by atoms with Crippen LogP contribution in [0, 0.1) is 11.8 Å². The van der Waals surface area contributed by atoms with Gasteiger partial charge in [-0.05, 0) is 46.0 Å². The van der Waals surface area contributed by atoms with Crippen LogP contribution in [0.2, 0.25) is 0 Å². The minimum Gasteiger partial charge on any atom is -0.480 e. The van der Waals surface area contributed by atoms with E-state index in [1.54, 1.807) is 0 Å². The number of esters is 1. The van der Waals surface area contributed by atoms with Gasteiger partial charge in [0.2, 0.25) is 5.91 Å². The lowest BCUT2D eigenvalue weighted by atomic mass is 9.81. The zero-order chi connectivity index (χ0) is 28.2. The fourth-order valence-electron chi connectivity index (χ4n) is 5.02. The monoisotopic (exact) mass is 555 g/mol. The zero-order valence-electron chi connectivity index (χ0n) is 21.9. The molecule has 2 aliphatic heterocycles. The predicted molar refractivity (Wildman–Crippen MR) is 137 cm³/mol. The first-order valence-electron chi connectivity index (χ1n) is 12.7. The Labute approximate surface area is 225 Å². The third-order valence-electron chi connectivity index (χ3n) is 7.57. The summed E-state index contributed by atoms with van der Waals surface area (Å²) in [6, 6.07) is -2.42. The number of hydrogen-bond donors (Lipinski definition) is 4. The quantitative estimate of drug-likeness (QED) is 0.173. The molecule has 7 unspecified atom stereocenters. The number of amides is 3. The van der Waals surface area contributed by atoms with E-state index >= 15 is 0 Å². The lowest BCUT2D eigenvalue weighted by molar-refractivity contribution is -0.144. The highest BCUT2D eigenvalue weighted by Crippen LogP contribution is 2.50. The third-order valence-corrected chi connectivity index (χ3v) is 8.73. The number of carboxylic acid groups (broad SMARTS) is 2. The Balaban J connectivity index is 1.65. The number of imide groups is 1. The van der Waals surface area contributed by atoms with E-state index in [1.807, 2.05) is 6.92 Å². The molecule has 3 amide bonds. The molecule has 3 rings (SSSR count). The van der Waals surface area contributed by atoms with E-state index < -0.39 is 41.9 Å². The van der Waals surface area contributed by atoms with E-state index in [2.05, 4.69) is 18.3 Å². The fourth-order valence-corrected chi connectivity index (χ4v) is 6.26. The van der Waals surface area contributed by atoms with Crippen molar-refractivity contribution in [3.05, 3.63) is 11.6 Å². The van der Waals surface area contributed by atoms with Crippen LogP contribution in [0.25, 0.3) is 0 Å².